The molecule has 2 N–H and O–H groups in total. The average Bonchev–Trinajstić information content (AvgIpc) is 2.92. The molecule has 0 fully saturated rings. The summed E-state index contributed by atoms with van der Waals surface area (Å²) in [6.45, 7) is 8.99. The molecule has 1 amide bonds. The Morgan fingerprint density at radius 3 is 2.41 bits per heavy atom. The van der Waals surface area contributed by atoms with Gasteiger partial charge in [-0.1, -0.05) is 12.1 Å². The first-order valence-electron chi connectivity index (χ1n) is 9.19. The summed E-state index contributed by atoms with van der Waals surface area (Å²) in [7, 11) is 0. The number of aromatic nitrogens is 1. The molecular formula is C21H28N2O4. The van der Waals surface area contributed by atoms with E-state index in [2.05, 4.69) is 23.7 Å². The molecule has 0 aliphatic rings. The molecule has 1 aromatic heterocycles. The van der Waals surface area contributed by atoms with Crippen LogP contribution < -0.4 is 10.1 Å². The monoisotopic (exact) mass is 372 g/mol. The molecule has 1 heterocycles. The molecule has 0 radical (unpaired) electrons. The van der Waals surface area contributed by atoms with Crippen molar-refractivity contribution in [1.82, 2.24) is 9.88 Å². The number of aryl methyl sites for hydroxylation is 1. The summed E-state index contributed by atoms with van der Waals surface area (Å²) in [4.78, 5) is 23.0. The minimum absolute atomic E-state index is 0.0796. The van der Waals surface area contributed by atoms with Crippen molar-refractivity contribution in [2.75, 3.05) is 6.61 Å². The molecule has 0 unspecified atom stereocenters. The van der Waals surface area contributed by atoms with Gasteiger partial charge in [0.2, 0.25) is 0 Å². The Labute approximate surface area is 160 Å². The van der Waals surface area contributed by atoms with Gasteiger partial charge in [-0.25, -0.2) is 0 Å². The van der Waals surface area contributed by atoms with Crippen LogP contribution >= 0.6 is 0 Å². The number of nitrogens with one attached hydrogen (secondary N) is 1. The summed E-state index contributed by atoms with van der Waals surface area (Å²) >= 11 is 0. The van der Waals surface area contributed by atoms with Gasteiger partial charge >= 0.3 is 5.97 Å². The Morgan fingerprint density at radius 1 is 1.19 bits per heavy atom. The first kappa shape index (κ1) is 20.6. The second-order valence-electron chi connectivity index (χ2n) is 6.92. The largest absolute Gasteiger partial charge is 0.494 e. The minimum Gasteiger partial charge on any atom is -0.494 e. The van der Waals surface area contributed by atoms with Crippen LogP contribution in [0.3, 0.4) is 0 Å². The van der Waals surface area contributed by atoms with E-state index >= 15 is 0 Å². The zero-order chi connectivity index (χ0) is 20.0. The zero-order valence-electron chi connectivity index (χ0n) is 16.4. The number of rotatable bonds is 9. The summed E-state index contributed by atoms with van der Waals surface area (Å²) in [5.41, 5.74) is 3.74. The molecule has 0 aliphatic heterocycles. The third kappa shape index (κ3) is 5.61. The zero-order valence-corrected chi connectivity index (χ0v) is 16.4. The van der Waals surface area contributed by atoms with E-state index in [9.17, 15) is 9.59 Å². The summed E-state index contributed by atoms with van der Waals surface area (Å²) in [5.74, 6) is -0.209. The first-order valence-corrected chi connectivity index (χ1v) is 9.19. The van der Waals surface area contributed by atoms with Crippen molar-refractivity contribution in [3.63, 3.8) is 0 Å². The maximum absolute atomic E-state index is 12.5. The number of carboxylic acid groups (broad SMARTS) is 1. The fourth-order valence-corrected chi connectivity index (χ4v) is 3.20. The van der Waals surface area contributed by atoms with Gasteiger partial charge in [0.25, 0.3) is 5.91 Å². The predicted octanol–water partition coefficient (Wildman–Crippen LogP) is 3.86. The van der Waals surface area contributed by atoms with Crippen molar-refractivity contribution in [2.24, 2.45) is 0 Å². The quantitative estimate of drug-likeness (QED) is 0.655. The number of carbonyl (C=O) groups excluding carboxylic acids is 1. The highest BCUT2D eigenvalue weighted by molar-refractivity contribution is 5.95. The van der Waals surface area contributed by atoms with Gasteiger partial charge in [0.15, 0.2) is 0 Å². The van der Waals surface area contributed by atoms with E-state index in [1.165, 1.54) is 0 Å². The smallest absolute Gasteiger partial charge is 0.303 e. The van der Waals surface area contributed by atoms with Crippen molar-refractivity contribution in [3.05, 3.63) is 52.8 Å². The first-order chi connectivity index (χ1) is 12.8. The lowest BCUT2D eigenvalue weighted by Gasteiger charge is -2.13. The maximum Gasteiger partial charge on any atom is 0.303 e. The molecule has 6 nitrogen and oxygen atoms in total. The van der Waals surface area contributed by atoms with Crippen LogP contribution in [0.25, 0.3) is 0 Å². The minimum atomic E-state index is -0.821. The van der Waals surface area contributed by atoms with Gasteiger partial charge < -0.3 is 19.7 Å². The number of ether oxygens (including phenoxy) is 1. The van der Waals surface area contributed by atoms with Crippen LogP contribution in [0.15, 0.2) is 30.3 Å². The molecule has 2 rings (SSSR count). The van der Waals surface area contributed by atoms with E-state index in [0.717, 1.165) is 17.0 Å². The van der Waals surface area contributed by atoms with Gasteiger partial charge in [-0.05, 0) is 57.9 Å². The van der Waals surface area contributed by atoms with E-state index in [1.807, 2.05) is 44.2 Å². The summed E-state index contributed by atoms with van der Waals surface area (Å²) < 4.78 is 7.67. The second-order valence-corrected chi connectivity index (χ2v) is 6.92. The fourth-order valence-electron chi connectivity index (χ4n) is 3.20. The molecule has 6 heteroatoms. The SMILES string of the molecule is Cc1cc(C(=O)NCc2ccc(OCCCC(=O)O)cc2)c(C)n1C(C)C. The highest BCUT2D eigenvalue weighted by Gasteiger charge is 2.16. The standard InChI is InChI=1S/C21H28N2O4/c1-14(2)23-15(3)12-19(16(23)4)21(26)22-13-17-7-9-18(10-8-17)27-11-5-6-20(24)25/h7-10,12,14H,5-6,11,13H2,1-4H3,(H,22,26)(H,24,25). The van der Waals surface area contributed by atoms with Gasteiger partial charge in [-0.3, -0.25) is 9.59 Å². The molecule has 1 aromatic carbocycles. The Morgan fingerprint density at radius 2 is 1.85 bits per heavy atom. The number of hydrogen-bond donors (Lipinski definition) is 2. The second kappa shape index (κ2) is 9.26. The maximum atomic E-state index is 12.5. The van der Waals surface area contributed by atoms with E-state index in [1.54, 1.807) is 0 Å². The normalized spacial score (nSPS) is 10.9. The molecule has 0 atom stereocenters. The molecular weight excluding hydrogens is 344 g/mol. The summed E-state index contributed by atoms with van der Waals surface area (Å²) in [6, 6.07) is 9.68. The van der Waals surface area contributed by atoms with Crippen LogP contribution in [0.2, 0.25) is 0 Å². The van der Waals surface area contributed by atoms with E-state index < -0.39 is 5.97 Å². The lowest BCUT2D eigenvalue weighted by molar-refractivity contribution is -0.137. The van der Waals surface area contributed by atoms with Crippen LogP contribution in [-0.2, 0) is 11.3 Å². The molecule has 0 spiro atoms. The van der Waals surface area contributed by atoms with Crippen LogP contribution in [0.4, 0.5) is 0 Å². The number of benzene rings is 1. The summed E-state index contributed by atoms with van der Waals surface area (Å²) in [6.07, 6.45) is 0.573. The molecule has 0 bridgehead atoms. The van der Waals surface area contributed by atoms with Crippen LogP contribution in [0, 0.1) is 13.8 Å². The highest BCUT2D eigenvalue weighted by atomic mass is 16.5. The third-order valence-corrected chi connectivity index (χ3v) is 4.43. The van der Waals surface area contributed by atoms with Crippen LogP contribution in [0.5, 0.6) is 5.75 Å². The predicted molar refractivity (Wildman–Crippen MR) is 104 cm³/mol. The molecule has 2 aromatic rings. The number of amides is 1. The van der Waals surface area contributed by atoms with Gasteiger partial charge in [-0.15, -0.1) is 0 Å². The lowest BCUT2D eigenvalue weighted by atomic mass is 10.2. The number of carboxylic acids is 1. The number of hydrogen-bond acceptors (Lipinski definition) is 3. The molecule has 0 saturated heterocycles. The van der Waals surface area contributed by atoms with E-state index in [0.29, 0.717) is 36.9 Å². The number of carbonyl (C=O) groups is 2. The Kier molecular flexibility index (Phi) is 7.05. The highest BCUT2D eigenvalue weighted by Crippen LogP contribution is 2.20. The van der Waals surface area contributed by atoms with Crippen LogP contribution in [-0.4, -0.2) is 28.2 Å². The van der Waals surface area contributed by atoms with Gasteiger partial charge in [0.1, 0.15) is 5.75 Å². The van der Waals surface area contributed by atoms with Crippen molar-refractivity contribution in [1.29, 1.82) is 0 Å². The molecule has 27 heavy (non-hydrogen) atoms. The third-order valence-electron chi connectivity index (χ3n) is 4.43. The molecule has 146 valence electrons. The Balaban J connectivity index is 1.88. The van der Waals surface area contributed by atoms with Crippen molar-refractivity contribution in [3.8, 4) is 5.75 Å². The van der Waals surface area contributed by atoms with Gasteiger partial charge in [0, 0.05) is 30.4 Å². The fraction of sp³-hybridized carbons (Fsp3) is 0.429. The van der Waals surface area contributed by atoms with Crippen molar-refractivity contribution >= 4 is 11.9 Å². The van der Waals surface area contributed by atoms with Crippen LogP contribution in [0.1, 0.15) is 60.0 Å². The lowest BCUT2D eigenvalue weighted by Crippen LogP contribution is -2.23. The summed E-state index contributed by atoms with van der Waals surface area (Å²) in [5, 5.41) is 11.6. The van der Waals surface area contributed by atoms with Gasteiger partial charge in [-0.2, -0.15) is 0 Å². The molecule has 0 aliphatic carbocycles. The van der Waals surface area contributed by atoms with E-state index in [4.69, 9.17) is 9.84 Å². The molecule has 0 saturated carbocycles. The van der Waals surface area contributed by atoms with Crippen molar-refractivity contribution in [2.45, 2.75) is 53.1 Å². The topological polar surface area (TPSA) is 80.6 Å². The van der Waals surface area contributed by atoms with Gasteiger partial charge in [0.05, 0.1) is 12.2 Å². The number of nitrogens with zero attached hydrogens (tertiary/aromatic N) is 1. The number of aliphatic carboxylic acids is 1. The Hall–Kier alpha value is -2.76. The Bertz CT molecular complexity index is 791. The van der Waals surface area contributed by atoms with E-state index in [-0.39, 0.29) is 12.3 Å². The van der Waals surface area contributed by atoms with Crippen molar-refractivity contribution < 1.29 is 19.4 Å². The average molecular weight is 372 g/mol.